The van der Waals surface area contributed by atoms with Gasteiger partial charge in [-0.05, 0) is 66.2 Å². The summed E-state index contributed by atoms with van der Waals surface area (Å²) >= 11 is 6.12. The molecule has 0 unspecified atom stereocenters. The largest absolute Gasteiger partial charge is 0.322 e. The van der Waals surface area contributed by atoms with Crippen LogP contribution < -0.4 is 10.0 Å². The second kappa shape index (κ2) is 8.81. The van der Waals surface area contributed by atoms with Crippen molar-refractivity contribution in [1.82, 2.24) is 10.2 Å². The molecule has 1 heterocycles. The molecule has 0 fully saturated rings. The van der Waals surface area contributed by atoms with Gasteiger partial charge in [0.15, 0.2) is 0 Å². The number of halogens is 2. The van der Waals surface area contributed by atoms with Crippen molar-refractivity contribution >= 4 is 38.9 Å². The SMILES string of the molecule is O=C(Nc1ccc(-c2ccn[nH]2)cc1)c1ccc(Cl)c(NS(=O)(=O)c2ccc(F)cc2)c1. The molecule has 4 rings (SSSR count). The van der Waals surface area contributed by atoms with Gasteiger partial charge in [0, 0.05) is 17.4 Å². The van der Waals surface area contributed by atoms with Crippen LogP contribution in [0.25, 0.3) is 11.3 Å². The molecule has 0 aliphatic heterocycles. The van der Waals surface area contributed by atoms with Crippen molar-refractivity contribution in [3.63, 3.8) is 0 Å². The van der Waals surface area contributed by atoms with Gasteiger partial charge < -0.3 is 5.32 Å². The molecule has 32 heavy (non-hydrogen) atoms. The second-order valence-electron chi connectivity index (χ2n) is 6.76. The zero-order chi connectivity index (χ0) is 22.7. The van der Waals surface area contributed by atoms with Crippen LogP contribution in [0.15, 0.2) is 83.9 Å². The van der Waals surface area contributed by atoms with Crippen molar-refractivity contribution in [2.24, 2.45) is 0 Å². The van der Waals surface area contributed by atoms with Gasteiger partial charge in [0.2, 0.25) is 0 Å². The molecule has 0 spiro atoms. The predicted octanol–water partition coefficient (Wildman–Crippen LogP) is 4.92. The van der Waals surface area contributed by atoms with E-state index in [0.717, 1.165) is 35.5 Å². The molecular formula is C22H16ClFN4O3S. The number of nitrogens with zero attached hydrogens (tertiary/aromatic N) is 1. The first-order valence-electron chi connectivity index (χ1n) is 9.31. The quantitative estimate of drug-likeness (QED) is 0.372. The summed E-state index contributed by atoms with van der Waals surface area (Å²) in [5, 5.41) is 9.62. The Morgan fingerprint density at radius 2 is 1.69 bits per heavy atom. The Morgan fingerprint density at radius 1 is 0.969 bits per heavy atom. The minimum absolute atomic E-state index is 0.0261. The first kappa shape index (κ1) is 21.5. The van der Waals surface area contributed by atoms with Crippen LogP contribution in [-0.2, 0) is 10.0 Å². The van der Waals surface area contributed by atoms with E-state index in [9.17, 15) is 17.6 Å². The van der Waals surface area contributed by atoms with Crippen LogP contribution in [0.2, 0.25) is 5.02 Å². The van der Waals surface area contributed by atoms with Gasteiger partial charge in [-0.15, -0.1) is 0 Å². The summed E-state index contributed by atoms with van der Waals surface area (Å²) in [7, 11) is -4.02. The highest BCUT2D eigenvalue weighted by Gasteiger charge is 2.17. The Kier molecular flexibility index (Phi) is 5.93. The Labute approximate surface area is 188 Å². The number of aromatic nitrogens is 2. The highest BCUT2D eigenvalue weighted by Crippen LogP contribution is 2.27. The number of sulfonamides is 1. The summed E-state index contributed by atoms with van der Waals surface area (Å²) in [6.45, 7) is 0. The number of hydrogen-bond acceptors (Lipinski definition) is 4. The van der Waals surface area contributed by atoms with E-state index in [1.54, 1.807) is 18.3 Å². The van der Waals surface area contributed by atoms with Gasteiger partial charge in [0.25, 0.3) is 15.9 Å². The smallest absolute Gasteiger partial charge is 0.261 e. The fourth-order valence-electron chi connectivity index (χ4n) is 2.92. The standard InChI is InChI=1S/C22H16ClFN4O3S/c23-19-10-3-15(13-21(19)28-32(30,31)18-8-4-16(24)5-9-18)22(29)26-17-6-1-14(2-7-17)20-11-12-25-27-20/h1-13,28H,(H,25,27)(H,26,29). The zero-order valence-electron chi connectivity index (χ0n) is 16.3. The number of anilines is 2. The van der Waals surface area contributed by atoms with Crippen LogP contribution >= 0.6 is 11.6 Å². The third-order valence-corrected chi connectivity index (χ3v) is 6.26. The Hall–Kier alpha value is -3.69. The maximum absolute atomic E-state index is 13.1. The Balaban J connectivity index is 1.51. The average Bonchev–Trinajstić information content (AvgIpc) is 3.31. The van der Waals surface area contributed by atoms with Crippen molar-refractivity contribution in [1.29, 1.82) is 0 Å². The number of aromatic amines is 1. The number of amides is 1. The molecule has 1 amide bonds. The molecule has 0 atom stereocenters. The highest BCUT2D eigenvalue weighted by molar-refractivity contribution is 7.92. The lowest BCUT2D eigenvalue weighted by atomic mass is 10.1. The van der Waals surface area contributed by atoms with E-state index < -0.39 is 21.7 Å². The third-order valence-electron chi connectivity index (χ3n) is 4.55. The molecule has 0 aliphatic carbocycles. The lowest BCUT2D eigenvalue weighted by Crippen LogP contribution is -2.15. The first-order chi connectivity index (χ1) is 15.3. The maximum Gasteiger partial charge on any atom is 0.261 e. The molecule has 0 saturated carbocycles. The highest BCUT2D eigenvalue weighted by atomic mass is 35.5. The van der Waals surface area contributed by atoms with E-state index in [1.165, 1.54) is 18.2 Å². The summed E-state index contributed by atoms with van der Waals surface area (Å²) in [6, 6.07) is 17.5. The van der Waals surface area contributed by atoms with E-state index in [1.807, 2.05) is 18.2 Å². The number of H-pyrrole nitrogens is 1. The average molecular weight is 471 g/mol. The van der Waals surface area contributed by atoms with Gasteiger partial charge in [0.1, 0.15) is 5.82 Å². The number of carbonyl (C=O) groups excluding carboxylic acids is 1. The molecular weight excluding hydrogens is 455 g/mol. The molecule has 0 saturated heterocycles. The minimum atomic E-state index is -4.02. The van der Waals surface area contributed by atoms with Crippen LogP contribution in [-0.4, -0.2) is 24.5 Å². The lowest BCUT2D eigenvalue weighted by Gasteiger charge is -2.12. The van der Waals surface area contributed by atoms with Crippen molar-refractivity contribution in [2.45, 2.75) is 4.90 Å². The van der Waals surface area contributed by atoms with Crippen LogP contribution in [0.5, 0.6) is 0 Å². The van der Waals surface area contributed by atoms with Crippen LogP contribution in [0.1, 0.15) is 10.4 Å². The molecule has 10 heteroatoms. The zero-order valence-corrected chi connectivity index (χ0v) is 17.9. The van der Waals surface area contributed by atoms with E-state index in [2.05, 4.69) is 20.2 Å². The van der Waals surface area contributed by atoms with Crippen LogP contribution in [0, 0.1) is 5.82 Å². The van der Waals surface area contributed by atoms with E-state index in [4.69, 9.17) is 11.6 Å². The van der Waals surface area contributed by atoms with Crippen LogP contribution in [0.3, 0.4) is 0 Å². The molecule has 0 bridgehead atoms. The molecule has 7 nitrogen and oxygen atoms in total. The Bertz CT molecular complexity index is 1360. The predicted molar refractivity (Wildman–Crippen MR) is 121 cm³/mol. The molecule has 0 radical (unpaired) electrons. The summed E-state index contributed by atoms with van der Waals surface area (Å²) in [5.74, 6) is -1.00. The van der Waals surface area contributed by atoms with Gasteiger partial charge in [-0.25, -0.2) is 12.8 Å². The van der Waals surface area contributed by atoms with Gasteiger partial charge in [-0.1, -0.05) is 23.7 Å². The summed E-state index contributed by atoms with van der Waals surface area (Å²) in [4.78, 5) is 12.5. The molecule has 4 aromatic rings. The van der Waals surface area contributed by atoms with Gasteiger partial charge >= 0.3 is 0 Å². The summed E-state index contributed by atoms with van der Waals surface area (Å²) < 4.78 is 40.6. The normalized spacial score (nSPS) is 11.2. The molecule has 1 aromatic heterocycles. The monoisotopic (exact) mass is 470 g/mol. The van der Waals surface area contributed by atoms with E-state index in [0.29, 0.717) is 5.69 Å². The molecule has 162 valence electrons. The van der Waals surface area contributed by atoms with E-state index >= 15 is 0 Å². The molecule has 0 aliphatic rings. The fraction of sp³-hybridized carbons (Fsp3) is 0. The summed E-state index contributed by atoms with van der Waals surface area (Å²) in [5.41, 5.74) is 2.53. The van der Waals surface area contributed by atoms with Crippen molar-refractivity contribution in [3.8, 4) is 11.3 Å². The topological polar surface area (TPSA) is 104 Å². The number of nitrogens with one attached hydrogen (secondary N) is 3. The fourth-order valence-corrected chi connectivity index (χ4v) is 4.21. The van der Waals surface area contributed by atoms with Gasteiger partial charge in [-0.2, -0.15) is 5.10 Å². The number of hydrogen-bond donors (Lipinski definition) is 3. The maximum atomic E-state index is 13.1. The van der Waals surface area contributed by atoms with Crippen molar-refractivity contribution in [3.05, 3.63) is 95.4 Å². The van der Waals surface area contributed by atoms with E-state index in [-0.39, 0.29) is 21.2 Å². The number of rotatable bonds is 6. The Morgan fingerprint density at radius 3 is 2.34 bits per heavy atom. The lowest BCUT2D eigenvalue weighted by molar-refractivity contribution is 0.102. The van der Waals surface area contributed by atoms with Crippen LogP contribution in [0.4, 0.5) is 15.8 Å². The van der Waals surface area contributed by atoms with Crippen molar-refractivity contribution < 1.29 is 17.6 Å². The third kappa shape index (κ3) is 4.79. The number of benzene rings is 3. The summed E-state index contributed by atoms with van der Waals surface area (Å²) in [6.07, 6.45) is 1.65. The minimum Gasteiger partial charge on any atom is -0.322 e. The molecule has 3 aromatic carbocycles. The van der Waals surface area contributed by atoms with Crippen molar-refractivity contribution in [2.75, 3.05) is 10.0 Å². The first-order valence-corrected chi connectivity index (χ1v) is 11.2. The number of carbonyl (C=O) groups is 1. The van der Waals surface area contributed by atoms with Gasteiger partial charge in [-0.3, -0.25) is 14.6 Å². The second-order valence-corrected chi connectivity index (χ2v) is 8.85. The van der Waals surface area contributed by atoms with Gasteiger partial charge in [0.05, 0.1) is 21.3 Å². The molecule has 3 N–H and O–H groups in total.